The largest absolute Gasteiger partial charge is 0.344 e. The molecule has 0 atom stereocenters. The molecule has 0 unspecified atom stereocenters. The van der Waals surface area contributed by atoms with Crippen molar-refractivity contribution in [3.05, 3.63) is 0 Å². The van der Waals surface area contributed by atoms with Gasteiger partial charge in [0.15, 0.2) is 0 Å². The number of hydrogen-bond acceptors (Lipinski definition) is 4. The van der Waals surface area contributed by atoms with Gasteiger partial charge in [0.2, 0.25) is 0 Å². The van der Waals surface area contributed by atoms with Gasteiger partial charge in [0.1, 0.15) is 0 Å². The van der Waals surface area contributed by atoms with Crippen LogP contribution in [0.3, 0.4) is 0 Å². The lowest BCUT2D eigenvalue weighted by molar-refractivity contribution is -0.115. The van der Waals surface area contributed by atoms with Gasteiger partial charge in [-0.25, -0.2) is 0 Å². The van der Waals surface area contributed by atoms with Crippen LogP contribution in [0, 0.1) is 12.3 Å². The molecule has 0 rings (SSSR count). The third-order valence-corrected chi connectivity index (χ3v) is 3.61. The molecule has 13 heavy (non-hydrogen) atoms. The van der Waals surface area contributed by atoms with Gasteiger partial charge >= 0.3 is 0 Å². The fourth-order valence-corrected chi connectivity index (χ4v) is 2.53. The Hall–Kier alpha value is -0.310. The van der Waals surface area contributed by atoms with Gasteiger partial charge in [-0.3, -0.25) is 4.79 Å². The predicted molar refractivity (Wildman–Crippen MR) is 60.4 cm³/mol. The van der Waals surface area contributed by atoms with Crippen LogP contribution >= 0.6 is 21.6 Å². The van der Waals surface area contributed by atoms with Crippen LogP contribution in [0.15, 0.2) is 0 Å². The molecule has 0 bridgehead atoms. The molecular weight excluding hydrogens is 204 g/mol. The molecule has 0 saturated carbocycles. The fourth-order valence-electron chi connectivity index (χ4n) is 0.517. The molecule has 0 aliphatic carbocycles. The standard InChI is InChI=1S/C8H14N2OS2/c1-2-8(11)10-5-7-13-12-6-3-4-9/h1H,3-7,9H2,(H,10,11). The van der Waals surface area contributed by atoms with Gasteiger partial charge in [-0.2, -0.15) is 0 Å². The van der Waals surface area contributed by atoms with Crippen LogP contribution < -0.4 is 11.1 Å². The fraction of sp³-hybridized carbons (Fsp3) is 0.625. The zero-order valence-electron chi connectivity index (χ0n) is 7.41. The Labute approximate surface area is 87.0 Å². The second kappa shape index (κ2) is 9.78. The van der Waals surface area contributed by atoms with Crippen molar-refractivity contribution >= 4 is 27.5 Å². The molecule has 0 aromatic rings. The van der Waals surface area contributed by atoms with Gasteiger partial charge in [0.25, 0.3) is 5.91 Å². The topological polar surface area (TPSA) is 55.1 Å². The summed E-state index contributed by atoms with van der Waals surface area (Å²) in [5.41, 5.74) is 5.33. The van der Waals surface area contributed by atoms with Crippen molar-refractivity contribution in [2.75, 3.05) is 24.6 Å². The van der Waals surface area contributed by atoms with Crippen molar-refractivity contribution in [3.63, 3.8) is 0 Å². The van der Waals surface area contributed by atoms with Gasteiger partial charge in [-0.15, -0.1) is 6.42 Å². The molecule has 0 spiro atoms. The van der Waals surface area contributed by atoms with Crippen LogP contribution in [-0.4, -0.2) is 30.5 Å². The van der Waals surface area contributed by atoms with Crippen molar-refractivity contribution in [1.29, 1.82) is 0 Å². The molecule has 0 aromatic carbocycles. The Balaban J connectivity index is 3.00. The van der Waals surface area contributed by atoms with E-state index in [0.717, 1.165) is 24.5 Å². The lowest BCUT2D eigenvalue weighted by Gasteiger charge is -2.00. The molecule has 0 aliphatic rings. The Bertz CT molecular complexity index is 179. The normalized spacial score (nSPS) is 9.23. The zero-order chi connectivity index (χ0) is 9.94. The second-order valence-electron chi connectivity index (χ2n) is 2.19. The Kier molecular flexibility index (Phi) is 9.54. The number of nitrogens with one attached hydrogen (secondary N) is 1. The molecule has 5 heteroatoms. The average Bonchev–Trinajstić information content (AvgIpc) is 2.16. The summed E-state index contributed by atoms with van der Waals surface area (Å²) in [4.78, 5) is 10.6. The third kappa shape index (κ3) is 9.61. The second-order valence-corrected chi connectivity index (χ2v) is 4.89. The number of nitrogens with two attached hydrogens (primary N) is 1. The van der Waals surface area contributed by atoms with E-state index in [-0.39, 0.29) is 5.91 Å². The van der Waals surface area contributed by atoms with Gasteiger partial charge in [-0.1, -0.05) is 21.6 Å². The summed E-state index contributed by atoms with van der Waals surface area (Å²) in [5, 5.41) is 2.59. The first-order valence-electron chi connectivity index (χ1n) is 4.00. The van der Waals surface area contributed by atoms with Crippen molar-refractivity contribution in [1.82, 2.24) is 5.32 Å². The Morgan fingerprint density at radius 1 is 1.46 bits per heavy atom. The van der Waals surface area contributed by atoms with E-state index in [9.17, 15) is 4.79 Å². The molecule has 3 nitrogen and oxygen atoms in total. The molecule has 0 radical (unpaired) electrons. The smallest absolute Gasteiger partial charge is 0.295 e. The van der Waals surface area contributed by atoms with Gasteiger partial charge in [-0.05, 0) is 18.9 Å². The first-order valence-corrected chi connectivity index (χ1v) is 6.49. The van der Waals surface area contributed by atoms with E-state index in [0.29, 0.717) is 6.54 Å². The maximum Gasteiger partial charge on any atom is 0.295 e. The highest BCUT2D eigenvalue weighted by molar-refractivity contribution is 8.76. The summed E-state index contributed by atoms with van der Waals surface area (Å²) in [5.74, 6) is 3.59. The predicted octanol–water partition coefficient (Wildman–Crippen LogP) is 0.466. The Morgan fingerprint density at radius 2 is 2.15 bits per heavy atom. The monoisotopic (exact) mass is 218 g/mol. The van der Waals surface area contributed by atoms with E-state index in [1.807, 2.05) is 5.92 Å². The molecule has 0 aromatic heterocycles. The van der Waals surface area contributed by atoms with Crippen LogP contribution in [0.5, 0.6) is 0 Å². The molecule has 0 saturated heterocycles. The Morgan fingerprint density at radius 3 is 2.77 bits per heavy atom. The van der Waals surface area contributed by atoms with E-state index < -0.39 is 0 Å². The molecule has 3 N–H and O–H groups in total. The average molecular weight is 218 g/mol. The number of hydrogen-bond donors (Lipinski definition) is 2. The zero-order valence-corrected chi connectivity index (χ0v) is 9.05. The quantitative estimate of drug-likeness (QED) is 0.370. The SMILES string of the molecule is C#CC(=O)NCCSSCCCN. The number of carbonyl (C=O) groups excluding carboxylic acids is 1. The summed E-state index contributed by atoms with van der Waals surface area (Å²) >= 11 is 0. The summed E-state index contributed by atoms with van der Waals surface area (Å²) in [6, 6.07) is 0. The summed E-state index contributed by atoms with van der Waals surface area (Å²) in [6.07, 6.45) is 5.90. The minimum absolute atomic E-state index is 0.340. The molecule has 0 heterocycles. The highest BCUT2D eigenvalue weighted by Crippen LogP contribution is 2.20. The third-order valence-electron chi connectivity index (χ3n) is 1.12. The lowest BCUT2D eigenvalue weighted by atomic mass is 10.5. The maximum atomic E-state index is 10.6. The molecule has 0 fully saturated rings. The van der Waals surface area contributed by atoms with Crippen LogP contribution in [-0.2, 0) is 4.79 Å². The summed E-state index contributed by atoms with van der Waals surface area (Å²) in [7, 11) is 3.49. The molecule has 1 amide bonds. The van der Waals surface area contributed by atoms with Gasteiger partial charge in [0.05, 0.1) is 0 Å². The van der Waals surface area contributed by atoms with Crippen molar-refractivity contribution in [2.45, 2.75) is 6.42 Å². The summed E-state index contributed by atoms with van der Waals surface area (Å²) in [6.45, 7) is 1.37. The molecular formula is C8H14N2OS2. The van der Waals surface area contributed by atoms with Crippen LogP contribution in [0.2, 0.25) is 0 Å². The van der Waals surface area contributed by atoms with E-state index in [1.54, 1.807) is 21.6 Å². The van der Waals surface area contributed by atoms with Crippen LogP contribution in [0.4, 0.5) is 0 Å². The van der Waals surface area contributed by atoms with E-state index in [2.05, 4.69) is 5.32 Å². The summed E-state index contributed by atoms with van der Waals surface area (Å²) < 4.78 is 0. The maximum absolute atomic E-state index is 10.6. The highest BCUT2D eigenvalue weighted by atomic mass is 33.1. The number of carbonyl (C=O) groups is 1. The minimum Gasteiger partial charge on any atom is -0.344 e. The van der Waals surface area contributed by atoms with Crippen LogP contribution in [0.25, 0.3) is 0 Å². The van der Waals surface area contributed by atoms with Crippen molar-refractivity contribution in [3.8, 4) is 12.3 Å². The lowest BCUT2D eigenvalue weighted by Crippen LogP contribution is -2.23. The number of terminal acetylenes is 1. The van der Waals surface area contributed by atoms with Gasteiger partial charge < -0.3 is 11.1 Å². The minimum atomic E-state index is -0.340. The first-order chi connectivity index (χ1) is 6.31. The van der Waals surface area contributed by atoms with Crippen molar-refractivity contribution in [2.24, 2.45) is 5.73 Å². The van der Waals surface area contributed by atoms with E-state index in [4.69, 9.17) is 12.2 Å². The number of amides is 1. The van der Waals surface area contributed by atoms with Gasteiger partial charge in [0, 0.05) is 18.1 Å². The van der Waals surface area contributed by atoms with E-state index in [1.165, 1.54) is 0 Å². The van der Waals surface area contributed by atoms with Crippen molar-refractivity contribution < 1.29 is 4.79 Å². The van der Waals surface area contributed by atoms with Crippen LogP contribution in [0.1, 0.15) is 6.42 Å². The number of rotatable bonds is 7. The first kappa shape index (κ1) is 12.7. The molecule has 0 aliphatic heterocycles. The molecule has 74 valence electrons. The van der Waals surface area contributed by atoms with E-state index >= 15 is 0 Å². The highest BCUT2D eigenvalue weighted by Gasteiger charge is 1.93.